The number of hydrogen-bond acceptors (Lipinski definition) is 8. The number of carbonyl (C=O) groups excluding carboxylic acids is 1. The standard InChI is InChI=1S/C18H15N3O5S/c1-3-25-18(22)13-9(2)27-16-14(12(8-19)17(20)26-15(13)16)10-4-6-11(7-5-10)21(23)24/h4-7,14H,3,20H2,1-2H3/t14-/m0/s1. The molecule has 0 spiro atoms. The number of fused-ring (bicyclic) bond motifs is 1. The molecule has 1 aliphatic heterocycles. The van der Waals surface area contributed by atoms with E-state index in [0.717, 1.165) is 0 Å². The summed E-state index contributed by atoms with van der Waals surface area (Å²) in [5, 5.41) is 20.5. The summed E-state index contributed by atoms with van der Waals surface area (Å²) in [5.41, 5.74) is 6.99. The third kappa shape index (κ3) is 3.11. The van der Waals surface area contributed by atoms with E-state index in [1.165, 1.54) is 23.5 Å². The van der Waals surface area contributed by atoms with Gasteiger partial charge in [0, 0.05) is 17.0 Å². The van der Waals surface area contributed by atoms with Gasteiger partial charge in [0.05, 0.1) is 22.3 Å². The highest BCUT2D eigenvalue weighted by Crippen LogP contribution is 2.49. The van der Waals surface area contributed by atoms with Crippen LogP contribution in [-0.2, 0) is 4.74 Å². The molecular formula is C18H15N3O5S. The monoisotopic (exact) mass is 385 g/mol. The first-order valence-electron chi connectivity index (χ1n) is 8.01. The zero-order valence-corrected chi connectivity index (χ0v) is 15.3. The average molecular weight is 385 g/mol. The molecule has 0 radical (unpaired) electrons. The van der Waals surface area contributed by atoms with E-state index >= 15 is 0 Å². The molecule has 2 aromatic rings. The molecule has 2 heterocycles. The molecule has 0 saturated carbocycles. The Kier molecular flexibility index (Phi) is 4.83. The summed E-state index contributed by atoms with van der Waals surface area (Å²) in [6, 6.07) is 7.92. The Bertz CT molecular complexity index is 1000. The van der Waals surface area contributed by atoms with Crippen LogP contribution in [0.3, 0.4) is 0 Å². The predicted octanol–water partition coefficient (Wildman–Crippen LogP) is 3.36. The molecule has 1 aliphatic rings. The fraction of sp³-hybridized carbons (Fsp3) is 0.222. The molecule has 0 unspecified atom stereocenters. The summed E-state index contributed by atoms with van der Waals surface area (Å²) in [4.78, 5) is 24.0. The first-order valence-corrected chi connectivity index (χ1v) is 8.83. The number of thiophene rings is 1. The number of nitriles is 1. The van der Waals surface area contributed by atoms with Crippen molar-refractivity contribution in [3.8, 4) is 11.8 Å². The Morgan fingerprint density at radius 3 is 2.67 bits per heavy atom. The van der Waals surface area contributed by atoms with Gasteiger partial charge >= 0.3 is 5.97 Å². The number of aryl methyl sites for hydroxylation is 1. The molecule has 1 aromatic heterocycles. The van der Waals surface area contributed by atoms with Crippen molar-refractivity contribution < 1.29 is 19.2 Å². The van der Waals surface area contributed by atoms with Crippen LogP contribution in [-0.4, -0.2) is 17.5 Å². The molecular weight excluding hydrogens is 370 g/mol. The Labute approximate surface area is 158 Å². The molecule has 2 N–H and O–H groups in total. The molecule has 0 fully saturated rings. The summed E-state index contributed by atoms with van der Waals surface area (Å²) >= 11 is 1.31. The van der Waals surface area contributed by atoms with E-state index in [4.69, 9.17) is 15.2 Å². The van der Waals surface area contributed by atoms with E-state index in [2.05, 4.69) is 0 Å². The van der Waals surface area contributed by atoms with Gasteiger partial charge in [-0.3, -0.25) is 10.1 Å². The van der Waals surface area contributed by atoms with Crippen molar-refractivity contribution in [3.05, 3.63) is 66.7 Å². The number of nitrogens with two attached hydrogens (primary N) is 1. The van der Waals surface area contributed by atoms with E-state index < -0.39 is 16.8 Å². The second-order valence-electron chi connectivity index (χ2n) is 5.72. The number of rotatable bonds is 4. The number of ether oxygens (including phenoxy) is 2. The Balaban J connectivity index is 2.17. The quantitative estimate of drug-likeness (QED) is 0.485. The zero-order valence-electron chi connectivity index (χ0n) is 14.5. The SMILES string of the molecule is CCOC(=O)c1c(C)sc2c1OC(N)=C(C#N)[C@@H]2c1ccc([N+](=O)[O-])cc1. The van der Waals surface area contributed by atoms with Gasteiger partial charge in [0.1, 0.15) is 17.2 Å². The first kappa shape index (κ1) is 18.4. The normalized spacial score (nSPS) is 15.5. The maximum absolute atomic E-state index is 12.3. The lowest BCUT2D eigenvalue weighted by atomic mass is 9.88. The second-order valence-corrected chi connectivity index (χ2v) is 6.98. The third-order valence-electron chi connectivity index (χ3n) is 4.13. The minimum atomic E-state index is -0.577. The van der Waals surface area contributed by atoms with Crippen LogP contribution in [0.1, 0.15) is 38.5 Å². The number of benzene rings is 1. The molecule has 0 bridgehead atoms. The van der Waals surface area contributed by atoms with Crippen LogP contribution in [0.15, 0.2) is 35.7 Å². The van der Waals surface area contributed by atoms with Crippen molar-refractivity contribution in [2.75, 3.05) is 6.61 Å². The summed E-state index contributed by atoms with van der Waals surface area (Å²) in [5.74, 6) is -0.929. The van der Waals surface area contributed by atoms with Gasteiger partial charge in [-0.1, -0.05) is 12.1 Å². The predicted molar refractivity (Wildman–Crippen MR) is 97.4 cm³/mol. The number of nitrogens with zero attached hydrogens (tertiary/aromatic N) is 2. The number of hydrogen-bond donors (Lipinski definition) is 1. The van der Waals surface area contributed by atoms with Gasteiger partial charge < -0.3 is 15.2 Å². The molecule has 1 aromatic carbocycles. The molecule has 3 rings (SSSR count). The van der Waals surface area contributed by atoms with Crippen LogP contribution in [0, 0.1) is 28.4 Å². The van der Waals surface area contributed by atoms with Crippen LogP contribution in [0.4, 0.5) is 5.69 Å². The second kappa shape index (κ2) is 7.09. The average Bonchev–Trinajstić information content (AvgIpc) is 2.96. The largest absolute Gasteiger partial charge is 0.462 e. The molecule has 27 heavy (non-hydrogen) atoms. The van der Waals surface area contributed by atoms with E-state index in [1.54, 1.807) is 26.0 Å². The highest BCUT2D eigenvalue weighted by Gasteiger charge is 2.37. The number of nitro groups is 1. The highest BCUT2D eigenvalue weighted by atomic mass is 32.1. The van der Waals surface area contributed by atoms with E-state index in [1.807, 2.05) is 6.07 Å². The lowest BCUT2D eigenvalue weighted by Gasteiger charge is -2.24. The lowest BCUT2D eigenvalue weighted by Crippen LogP contribution is -2.21. The van der Waals surface area contributed by atoms with Crippen LogP contribution in [0.25, 0.3) is 0 Å². The van der Waals surface area contributed by atoms with Crippen molar-refractivity contribution >= 4 is 23.0 Å². The topological polar surface area (TPSA) is 128 Å². The Morgan fingerprint density at radius 1 is 1.44 bits per heavy atom. The zero-order chi connectivity index (χ0) is 19.7. The number of esters is 1. The first-order chi connectivity index (χ1) is 12.9. The summed E-state index contributed by atoms with van der Waals surface area (Å²) in [6.07, 6.45) is 0. The molecule has 9 heteroatoms. The van der Waals surface area contributed by atoms with Gasteiger partial charge in [-0.15, -0.1) is 11.3 Å². The van der Waals surface area contributed by atoms with Crippen LogP contribution in [0.2, 0.25) is 0 Å². The van der Waals surface area contributed by atoms with Crippen molar-refractivity contribution in [1.29, 1.82) is 5.26 Å². The van der Waals surface area contributed by atoms with Gasteiger partial charge in [-0.2, -0.15) is 5.26 Å². The molecule has 0 amide bonds. The fourth-order valence-electron chi connectivity index (χ4n) is 2.94. The van der Waals surface area contributed by atoms with Crippen LogP contribution >= 0.6 is 11.3 Å². The molecule has 0 aliphatic carbocycles. The molecule has 0 saturated heterocycles. The van der Waals surface area contributed by atoms with E-state index in [0.29, 0.717) is 15.3 Å². The summed E-state index contributed by atoms with van der Waals surface area (Å²) in [6.45, 7) is 3.67. The Hall–Kier alpha value is -3.38. The number of nitro benzene ring substituents is 1. The fourth-order valence-corrected chi connectivity index (χ4v) is 4.16. The van der Waals surface area contributed by atoms with Gasteiger partial charge in [0.2, 0.25) is 5.88 Å². The van der Waals surface area contributed by atoms with Crippen LogP contribution < -0.4 is 10.5 Å². The summed E-state index contributed by atoms with van der Waals surface area (Å²) < 4.78 is 10.7. The van der Waals surface area contributed by atoms with Crippen molar-refractivity contribution in [2.45, 2.75) is 19.8 Å². The minimum absolute atomic E-state index is 0.0592. The van der Waals surface area contributed by atoms with E-state index in [-0.39, 0.29) is 35.1 Å². The smallest absolute Gasteiger partial charge is 0.343 e. The van der Waals surface area contributed by atoms with Crippen molar-refractivity contribution in [3.63, 3.8) is 0 Å². The molecule has 8 nitrogen and oxygen atoms in total. The lowest BCUT2D eigenvalue weighted by molar-refractivity contribution is -0.384. The van der Waals surface area contributed by atoms with Gasteiger partial charge in [0.25, 0.3) is 5.69 Å². The maximum atomic E-state index is 12.3. The maximum Gasteiger partial charge on any atom is 0.343 e. The number of allylic oxidation sites excluding steroid dienone is 1. The number of carbonyl (C=O) groups is 1. The van der Waals surface area contributed by atoms with Gasteiger partial charge in [-0.25, -0.2) is 4.79 Å². The van der Waals surface area contributed by atoms with Crippen molar-refractivity contribution in [2.24, 2.45) is 5.73 Å². The molecule has 138 valence electrons. The van der Waals surface area contributed by atoms with Gasteiger partial charge in [0.15, 0.2) is 5.75 Å². The van der Waals surface area contributed by atoms with Gasteiger partial charge in [-0.05, 0) is 19.4 Å². The van der Waals surface area contributed by atoms with Crippen molar-refractivity contribution in [1.82, 2.24) is 0 Å². The Morgan fingerprint density at radius 2 is 2.11 bits per heavy atom. The number of non-ortho nitro benzene ring substituents is 1. The van der Waals surface area contributed by atoms with Crippen LogP contribution in [0.5, 0.6) is 5.75 Å². The highest BCUT2D eigenvalue weighted by molar-refractivity contribution is 7.12. The minimum Gasteiger partial charge on any atom is -0.462 e. The third-order valence-corrected chi connectivity index (χ3v) is 5.28. The summed E-state index contributed by atoms with van der Waals surface area (Å²) in [7, 11) is 0. The van der Waals surface area contributed by atoms with E-state index in [9.17, 15) is 20.2 Å². The molecule has 1 atom stereocenters.